The van der Waals surface area contributed by atoms with Gasteiger partial charge in [0.25, 0.3) is 5.56 Å². The number of carboxylic acid groups (broad SMARTS) is 1. The van der Waals surface area contributed by atoms with E-state index in [1.54, 1.807) is 54.6 Å². The molecule has 0 aliphatic rings. The molecular formula is C21H21N4O4-. The van der Waals surface area contributed by atoms with Gasteiger partial charge >= 0.3 is 0 Å². The molecule has 2 aromatic carbocycles. The van der Waals surface area contributed by atoms with Gasteiger partial charge in [-0.1, -0.05) is 67.4 Å². The Bertz CT molecular complexity index is 1060. The van der Waals surface area contributed by atoms with E-state index in [0.29, 0.717) is 29.3 Å². The lowest BCUT2D eigenvalue weighted by Gasteiger charge is -2.24. The Labute approximate surface area is 167 Å². The summed E-state index contributed by atoms with van der Waals surface area (Å²) in [5.74, 6) is -2.06. The fraction of sp³-hybridized carbons (Fsp3) is 0.286. The SMILES string of the molecule is CCCC[C@H](C(=O)N[C@H](C(=O)[O-])c1ccccc1)n1nnc2ccccc2c1=O. The second-order valence-electron chi connectivity index (χ2n) is 6.69. The third-order valence-corrected chi connectivity index (χ3v) is 4.68. The zero-order valence-corrected chi connectivity index (χ0v) is 15.9. The summed E-state index contributed by atoms with van der Waals surface area (Å²) < 4.78 is 1.03. The van der Waals surface area contributed by atoms with E-state index in [9.17, 15) is 19.5 Å². The molecule has 2 atom stereocenters. The van der Waals surface area contributed by atoms with E-state index >= 15 is 0 Å². The van der Waals surface area contributed by atoms with Crippen LogP contribution < -0.4 is 16.0 Å². The molecule has 1 aromatic heterocycles. The van der Waals surface area contributed by atoms with Crippen LogP contribution in [0.4, 0.5) is 0 Å². The van der Waals surface area contributed by atoms with Crippen LogP contribution in [0.3, 0.4) is 0 Å². The zero-order chi connectivity index (χ0) is 20.8. The van der Waals surface area contributed by atoms with Crippen LogP contribution in [-0.4, -0.2) is 26.9 Å². The molecule has 8 heteroatoms. The van der Waals surface area contributed by atoms with Gasteiger partial charge in [-0.15, -0.1) is 5.10 Å². The molecule has 1 amide bonds. The fourth-order valence-electron chi connectivity index (χ4n) is 3.13. The van der Waals surface area contributed by atoms with Gasteiger partial charge in [-0.25, -0.2) is 0 Å². The standard InChI is InChI=1S/C21H22N4O4/c1-2-3-13-17(25-20(27)15-11-7-8-12-16(15)23-24-25)19(26)22-18(21(28)29)14-9-5-4-6-10-14/h4-12,17-18H,2-3,13H2,1H3,(H,22,26)(H,28,29)/p-1/t17-,18+/m1/s1. The van der Waals surface area contributed by atoms with Gasteiger partial charge in [-0.05, 0) is 24.1 Å². The Morgan fingerprint density at radius 3 is 2.48 bits per heavy atom. The van der Waals surface area contributed by atoms with Gasteiger partial charge in [0.2, 0.25) is 5.91 Å². The number of benzene rings is 2. The topological polar surface area (TPSA) is 117 Å². The van der Waals surface area contributed by atoms with Crippen molar-refractivity contribution in [2.45, 2.75) is 38.3 Å². The maximum atomic E-state index is 13.0. The maximum absolute atomic E-state index is 13.0. The summed E-state index contributed by atoms with van der Waals surface area (Å²) in [4.78, 5) is 37.5. The summed E-state index contributed by atoms with van der Waals surface area (Å²) in [6, 6.07) is 12.7. The number of hydrogen-bond acceptors (Lipinski definition) is 6. The first-order valence-electron chi connectivity index (χ1n) is 9.43. The average molecular weight is 393 g/mol. The van der Waals surface area contributed by atoms with Gasteiger partial charge in [0.1, 0.15) is 11.6 Å². The summed E-state index contributed by atoms with van der Waals surface area (Å²) in [7, 11) is 0. The van der Waals surface area contributed by atoms with Crippen LogP contribution in [0.2, 0.25) is 0 Å². The first-order chi connectivity index (χ1) is 14.0. The molecule has 150 valence electrons. The lowest BCUT2D eigenvalue weighted by Crippen LogP contribution is -2.45. The summed E-state index contributed by atoms with van der Waals surface area (Å²) in [5, 5.41) is 22.4. The number of fused-ring (bicyclic) bond motifs is 1. The van der Waals surface area contributed by atoms with Crippen LogP contribution in [0.25, 0.3) is 10.9 Å². The number of aliphatic carboxylic acids is 1. The Morgan fingerprint density at radius 1 is 1.10 bits per heavy atom. The van der Waals surface area contributed by atoms with Crippen LogP contribution in [0.5, 0.6) is 0 Å². The number of unbranched alkanes of at least 4 members (excludes halogenated alkanes) is 1. The van der Waals surface area contributed by atoms with Gasteiger partial charge in [0, 0.05) is 0 Å². The average Bonchev–Trinajstić information content (AvgIpc) is 2.74. The molecule has 0 fully saturated rings. The van der Waals surface area contributed by atoms with Crippen LogP contribution in [-0.2, 0) is 9.59 Å². The number of nitrogens with one attached hydrogen (secondary N) is 1. The van der Waals surface area contributed by atoms with Gasteiger partial charge in [-0.3, -0.25) is 9.59 Å². The van der Waals surface area contributed by atoms with E-state index in [0.717, 1.165) is 11.1 Å². The summed E-state index contributed by atoms with van der Waals surface area (Å²) in [6.07, 6.45) is 1.77. The van der Waals surface area contributed by atoms with Gasteiger partial charge < -0.3 is 15.2 Å². The van der Waals surface area contributed by atoms with E-state index < -0.39 is 29.5 Å². The van der Waals surface area contributed by atoms with Crippen molar-refractivity contribution in [3.8, 4) is 0 Å². The highest BCUT2D eigenvalue weighted by atomic mass is 16.4. The summed E-state index contributed by atoms with van der Waals surface area (Å²) in [5.41, 5.74) is 0.365. The van der Waals surface area contributed by atoms with Gasteiger partial charge in [0.15, 0.2) is 0 Å². The minimum absolute atomic E-state index is 0.323. The Balaban J connectivity index is 1.96. The molecule has 8 nitrogen and oxygen atoms in total. The quantitative estimate of drug-likeness (QED) is 0.613. The third-order valence-electron chi connectivity index (χ3n) is 4.68. The van der Waals surface area contributed by atoms with Crippen molar-refractivity contribution in [2.75, 3.05) is 0 Å². The second kappa shape index (κ2) is 9.09. The molecule has 0 unspecified atom stereocenters. The highest BCUT2D eigenvalue weighted by Gasteiger charge is 2.26. The molecule has 0 bridgehead atoms. The van der Waals surface area contributed by atoms with Crippen molar-refractivity contribution in [1.29, 1.82) is 0 Å². The van der Waals surface area contributed by atoms with E-state index in [4.69, 9.17) is 0 Å². The number of carboxylic acids is 1. The first-order valence-corrected chi connectivity index (χ1v) is 9.43. The summed E-state index contributed by atoms with van der Waals surface area (Å²) in [6.45, 7) is 1.96. The smallest absolute Gasteiger partial charge is 0.278 e. The van der Waals surface area contributed by atoms with E-state index in [-0.39, 0.29) is 0 Å². The lowest BCUT2D eigenvalue weighted by molar-refractivity contribution is -0.308. The molecule has 1 N–H and O–H groups in total. The van der Waals surface area contributed by atoms with Crippen molar-refractivity contribution >= 4 is 22.8 Å². The molecular weight excluding hydrogens is 372 g/mol. The van der Waals surface area contributed by atoms with E-state index in [2.05, 4.69) is 15.6 Å². The molecule has 0 saturated heterocycles. The van der Waals surface area contributed by atoms with E-state index in [1.165, 1.54) is 0 Å². The van der Waals surface area contributed by atoms with Crippen LogP contribution >= 0.6 is 0 Å². The first kappa shape index (κ1) is 20.2. The molecule has 0 spiro atoms. The molecule has 29 heavy (non-hydrogen) atoms. The Hall–Kier alpha value is -3.55. The number of hydrogen-bond donors (Lipinski definition) is 1. The molecule has 0 radical (unpaired) electrons. The lowest BCUT2D eigenvalue weighted by atomic mass is 10.0. The third kappa shape index (κ3) is 4.48. The highest BCUT2D eigenvalue weighted by molar-refractivity contribution is 5.86. The Kier molecular flexibility index (Phi) is 6.33. The molecule has 0 saturated carbocycles. The Morgan fingerprint density at radius 2 is 1.79 bits per heavy atom. The second-order valence-corrected chi connectivity index (χ2v) is 6.69. The molecule has 3 rings (SSSR count). The monoisotopic (exact) mass is 393 g/mol. The number of amides is 1. The molecule has 1 heterocycles. The fourth-order valence-corrected chi connectivity index (χ4v) is 3.13. The van der Waals surface area contributed by atoms with E-state index in [1.807, 2.05) is 6.92 Å². The number of carbonyl (C=O) groups excluding carboxylic acids is 2. The molecule has 3 aromatic rings. The highest BCUT2D eigenvalue weighted by Crippen LogP contribution is 2.18. The van der Waals surface area contributed by atoms with Crippen LogP contribution in [0.15, 0.2) is 59.4 Å². The number of carbonyl (C=O) groups is 2. The van der Waals surface area contributed by atoms with Crippen molar-refractivity contribution in [1.82, 2.24) is 20.3 Å². The number of nitrogens with zero attached hydrogens (tertiary/aromatic N) is 3. The van der Waals surface area contributed by atoms with Crippen LogP contribution in [0.1, 0.15) is 43.8 Å². The van der Waals surface area contributed by atoms with Crippen molar-refractivity contribution in [3.63, 3.8) is 0 Å². The van der Waals surface area contributed by atoms with Crippen LogP contribution in [0, 0.1) is 0 Å². The predicted molar refractivity (Wildman–Crippen MR) is 105 cm³/mol. The summed E-state index contributed by atoms with van der Waals surface area (Å²) >= 11 is 0. The largest absolute Gasteiger partial charge is 0.548 e. The number of aromatic nitrogens is 3. The van der Waals surface area contributed by atoms with Crippen molar-refractivity contribution in [2.24, 2.45) is 0 Å². The van der Waals surface area contributed by atoms with Crippen molar-refractivity contribution in [3.05, 3.63) is 70.5 Å². The number of rotatable bonds is 8. The minimum atomic E-state index is -1.43. The maximum Gasteiger partial charge on any atom is 0.278 e. The minimum Gasteiger partial charge on any atom is -0.548 e. The van der Waals surface area contributed by atoms with Gasteiger partial charge in [0.05, 0.1) is 17.4 Å². The molecule has 0 aliphatic carbocycles. The van der Waals surface area contributed by atoms with Crippen molar-refractivity contribution < 1.29 is 14.7 Å². The predicted octanol–water partition coefficient (Wildman–Crippen LogP) is 1.13. The normalized spacial score (nSPS) is 13.0. The zero-order valence-electron chi connectivity index (χ0n) is 15.9. The van der Waals surface area contributed by atoms with Gasteiger partial charge in [-0.2, -0.15) is 4.68 Å². The molecule has 0 aliphatic heterocycles.